The molecular formula is C16H18BrN4NaO4S. The number of carboxylic acid groups (broad SMARTS) is 1. The molecule has 140 valence electrons. The predicted octanol–water partition coefficient (Wildman–Crippen LogP) is -2.92. The first-order valence-corrected chi connectivity index (χ1v) is 9.91. The summed E-state index contributed by atoms with van der Waals surface area (Å²) in [6, 6.07) is -0.706. The van der Waals surface area contributed by atoms with Gasteiger partial charge in [0.25, 0.3) is 5.91 Å². The third kappa shape index (κ3) is 4.14. The van der Waals surface area contributed by atoms with Crippen LogP contribution in [-0.2, 0) is 20.9 Å². The maximum absolute atomic E-state index is 12.3. The Labute approximate surface area is 191 Å². The molecule has 0 radical (unpaired) electrons. The number of aryl methyl sites for hydroxylation is 2. The van der Waals surface area contributed by atoms with E-state index in [2.05, 4.69) is 26.3 Å². The Morgan fingerprint density at radius 2 is 2.04 bits per heavy atom. The van der Waals surface area contributed by atoms with Gasteiger partial charge in [0.2, 0.25) is 5.91 Å². The van der Waals surface area contributed by atoms with Crippen molar-refractivity contribution in [3.8, 4) is 0 Å². The van der Waals surface area contributed by atoms with E-state index in [-0.39, 0.29) is 47.6 Å². The average molecular weight is 465 g/mol. The van der Waals surface area contributed by atoms with Gasteiger partial charge in [-0.15, -0.1) is 11.8 Å². The van der Waals surface area contributed by atoms with Crippen LogP contribution in [0.3, 0.4) is 0 Å². The van der Waals surface area contributed by atoms with Crippen molar-refractivity contribution in [3.63, 3.8) is 0 Å². The zero-order valence-corrected chi connectivity index (χ0v) is 19.9. The van der Waals surface area contributed by atoms with Crippen LogP contribution in [0, 0.1) is 13.8 Å². The summed E-state index contributed by atoms with van der Waals surface area (Å²) in [6.07, 6.45) is 0.178. The van der Waals surface area contributed by atoms with Crippen molar-refractivity contribution in [1.29, 1.82) is 0 Å². The van der Waals surface area contributed by atoms with Crippen molar-refractivity contribution >= 4 is 45.5 Å². The Morgan fingerprint density at radius 1 is 1.37 bits per heavy atom. The number of nitrogens with zero attached hydrogens (tertiary/aromatic N) is 3. The fourth-order valence-corrected chi connectivity index (χ4v) is 4.68. The van der Waals surface area contributed by atoms with E-state index in [1.165, 1.54) is 16.7 Å². The van der Waals surface area contributed by atoms with Crippen LogP contribution < -0.4 is 40.0 Å². The number of rotatable bonds is 5. The van der Waals surface area contributed by atoms with Crippen molar-refractivity contribution in [2.24, 2.45) is 0 Å². The topological polar surface area (TPSA) is 107 Å². The van der Waals surface area contributed by atoms with E-state index >= 15 is 0 Å². The van der Waals surface area contributed by atoms with Crippen LogP contribution in [0.15, 0.2) is 15.7 Å². The predicted molar refractivity (Wildman–Crippen MR) is 96.7 cm³/mol. The molecule has 0 spiro atoms. The first kappa shape index (κ1) is 22.5. The van der Waals surface area contributed by atoms with Crippen LogP contribution >= 0.6 is 27.7 Å². The molecule has 3 heterocycles. The number of hydrogen-bond acceptors (Lipinski definition) is 6. The molecule has 2 unspecified atom stereocenters. The molecule has 1 aromatic rings. The quantitative estimate of drug-likeness (QED) is 0.369. The molecule has 2 aliphatic rings. The Hall–Kier alpha value is -0.810. The number of thioether (sulfide) groups is 1. The van der Waals surface area contributed by atoms with Gasteiger partial charge in [0, 0.05) is 17.9 Å². The molecule has 8 nitrogen and oxygen atoms in total. The summed E-state index contributed by atoms with van der Waals surface area (Å²) in [5.41, 5.74) is 2.31. The average Bonchev–Trinajstić information content (AvgIpc) is 2.84. The number of fused-ring (bicyclic) bond motifs is 1. The van der Waals surface area contributed by atoms with Crippen LogP contribution in [0.2, 0.25) is 0 Å². The molecular weight excluding hydrogens is 447 g/mol. The number of halogens is 1. The van der Waals surface area contributed by atoms with Gasteiger partial charge in [-0.1, -0.05) is 0 Å². The first-order chi connectivity index (χ1) is 12.2. The number of aliphatic carboxylic acids is 1. The first-order valence-electron chi connectivity index (χ1n) is 8.07. The normalized spacial score (nSPS) is 21.3. The third-order valence-corrected chi connectivity index (χ3v) is 7.08. The van der Waals surface area contributed by atoms with Gasteiger partial charge in [-0.05, 0) is 42.3 Å². The van der Waals surface area contributed by atoms with E-state index in [1.807, 2.05) is 13.8 Å². The van der Waals surface area contributed by atoms with Crippen LogP contribution in [0.1, 0.15) is 24.7 Å². The van der Waals surface area contributed by atoms with Crippen molar-refractivity contribution in [2.75, 3.05) is 5.75 Å². The van der Waals surface area contributed by atoms with Crippen LogP contribution in [0.5, 0.6) is 0 Å². The summed E-state index contributed by atoms with van der Waals surface area (Å²) >= 11 is 4.88. The van der Waals surface area contributed by atoms with Gasteiger partial charge in [-0.3, -0.25) is 19.2 Å². The number of carboxylic acids is 1. The minimum atomic E-state index is -1.36. The second-order valence-electron chi connectivity index (χ2n) is 6.33. The standard InChI is InChI=1S/C16H19BrN4O4S.Na/c1-7-6-26-15-12(14(23)21(15)13(7)16(24)25)18-10(22)4-5-20-9(3)11(17)8(2)19-20;/h12,15H,4-6H2,1-3H3,(H,18,22)(H,24,25);/q;+1/p-1. The van der Waals surface area contributed by atoms with Gasteiger partial charge < -0.3 is 15.2 Å². The molecule has 27 heavy (non-hydrogen) atoms. The fraction of sp³-hybridized carbons (Fsp3) is 0.500. The molecule has 0 bridgehead atoms. The molecule has 1 fully saturated rings. The van der Waals surface area contributed by atoms with E-state index in [9.17, 15) is 19.5 Å². The number of carbonyl (C=O) groups excluding carboxylic acids is 3. The Bertz CT molecular complexity index is 841. The van der Waals surface area contributed by atoms with E-state index in [4.69, 9.17) is 0 Å². The Balaban J connectivity index is 0.00000261. The molecule has 3 rings (SSSR count). The maximum Gasteiger partial charge on any atom is 1.00 e. The zero-order valence-electron chi connectivity index (χ0n) is 15.5. The second kappa shape index (κ2) is 8.69. The number of hydrogen-bond donors (Lipinski definition) is 1. The molecule has 0 saturated carbocycles. The zero-order chi connectivity index (χ0) is 19.2. The van der Waals surface area contributed by atoms with Gasteiger partial charge in [0.15, 0.2) is 0 Å². The van der Waals surface area contributed by atoms with Gasteiger partial charge >= 0.3 is 29.6 Å². The molecule has 11 heteroatoms. The number of nitrogens with one attached hydrogen (secondary N) is 1. The minimum Gasteiger partial charge on any atom is -0.543 e. The van der Waals surface area contributed by atoms with Crippen molar-refractivity contribution in [1.82, 2.24) is 20.0 Å². The van der Waals surface area contributed by atoms with Gasteiger partial charge in [0.1, 0.15) is 11.4 Å². The number of β-lactam (4-membered cyclic amide) rings is 1. The molecule has 1 N–H and O–H groups in total. The number of carbonyl (C=O) groups is 3. The SMILES string of the molecule is CC1=C(C(=O)[O-])N2C(=O)C(NC(=O)CCn3nc(C)c(Br)c3C)C2SC1.[Na+]. The molecule has 1 aromatic heterocycles. The van der Waals surface area contributed by atoms with Crippen molar-refractivity contribution in [2.45, 2.75) is 45.2 Å². The molecule has 2 atom stereocenters. The van der Waals surface area contributed by atoms with Crippen molar-refractivity contribution < 1.29 is 49.0 Å². The van der Waals surface area contributed by atoms with E-state index in [1.54, 1.807) is 11.6 Å². The monoisotopic (exact) mass is 464 g/mol. The summed E-state index contributed by atoms with van der Waals surface area (Å²) in [6.45, 7) is 5.85. The molecule has 2 amide bonds. The Kier molecular flexibility index (Phi) is 7.23. The van der Waals surface area contributed by atoms with Crippen LogP contribution in [-0.4, -0.2) is 49.6 Å². The summed E-state index contributed by atoms with van der Waals surface area (Å²) < 4.78 is 2.65. The summed E-state index contributed by atoms with van der Waals surface area (Å²) in [5.74, 6) is -1.55. The van der Waals surface area contributed by atoms with Gasteiger partial charge in [-0.2, -0.15) is 5.10 Å². The van der Waals surface area contributed by atoms with E-state index < -0.39 is 23.3 Å². The number of amides is 2. The summed E-state index contributed by atoms with van der Waals surface area (Å²) in [5, 5.41) is 17.9. The summed E-state index contributed by atoms with van der Waals surface area (Å²) in [4.78, 5) is 37.0. The van der Waals surface area contributed by atoms with Crippen LogP contribution in [0.4, 0.5) is 0 Å². The maximum atomic E-state index is 12.3. The van der Waals surface area contributed by atoms with Gasteiger partial charge in [-0.25, -0.2) is 0 Å². The fourth-order valence-electron chi connectivity index (χ4n) is 3.11. The smallest absolute Gasteiger partial charge is 0.543 e. The largest absolute Gasteiger partial charge is 1.00 e. The molecule has 0 aliphatic carbocycles. The molecule has 0 aromatic carbocycles. The van der Waals surface area contributed by atoms with Crippen molar-refractivity contribution in [3.05, 3.63) is 27.1 Å². The van der Waals surface area contributed by atoms with Crippen LogP contribution in [0.25, 0.3) is 0 Å². The second-order valence-corrected chi connectivity index (χ2v) is 8.23. The molecule has 2 aliphatic heterocycles. The summed E-state index contributed by atoms with van der Waals surface area (Å²) in [7, 11) is 0. The van der Waals surface area contributed by atoms with E-state index in [0.29, 0.717) is 17.9 Å². The number of aromatic nitrogens is 2. The Morgan fingerprint density at radius 3 is 2.59 bits per heavy atom. The van der Waals surface area contributed by atoms with E-state index in [0.717, 1.165) is 15.9 Å². The molecule has 1 saturated heterocycles. The third-order valence-electron chi connectivity index (χ3n) is 4.51. The minimum absolute atomic E-state index is 0. The van der Waals surface area contributed by atoms with Gasteiger partial charge in [0.05, 0.1) is 28.4 Å².